The average molecular weight is 346 g/mol. The van der Waals surface area contributed by atoms with Gasteiger partial charge in [0.05, 0.1) is 13.2 Å². The monoisotopic (exact) mass is 346 g/mol. The van der Waals surface area contributed by atoms with Crippen molar-refractivity contribution in [2.45, 2.75) is 18.5 Å². The van der Waals surface area contributed by atoms with Crippen LogP contribution < -0.4 is 10.9 Å². The first-order valence-electron chi connectivity index (χ1n) is 8.79. The van der Waals surface area contributed by atoms with Crippen molar-refractivity contribution in [2.75, 3.05) is 18.5 Å². The second kappa shape index (κ2) is 5.78. The summed E-state index contributed by atoms with van der Waals surface area (Å²) >= 11 is 0. The van der Waals surface area contributed by atoms with Gasteiger partial charge in [-0.05, 0) is 12.1 Å². The Morgan fingerprint density at radius 3 is 2.54 bits per heavy atom. The second-order valence-corrected chi connectivity index (χ2v) is 6.68. The van der Waals surface area contributed by atoms with Gasteiger partial charge in [-0.15, -0.1) is 0 Å². The van der Waals surface area contributed by atoms with Crippen LogP contribution in [0.5, 0.6) is 0 Å². The van der Waals surface area contributed by atoms with Crippen molar-refractivity contribution in [3.8, 4) is 22.6 Å². The number of fused-ring (bicyclic) bond motifs is 4. The molecule has 1 aromatic heterocycles. The molecule has 2 aromatic carbocycles. The van der Waals surface area contributed by atoms with E-state index in [9.17, 15) is 4.79 Å². The van der Waals surface area contributed by atoms with Crippen LogP contribution in [0.1, 0.15) is 12.8 Å². The number of aromatic nitrogens is 3. The van der Waals surface area contributed by atoms with E-state index in [4.69, 9.17) is 9.84 Å². The van der Waals surface area contributed by atoms with Gasteiger partial charge in [-0.2, -0.15) is 10.1 Å². The molecule has 1 fully saturated rings. The highest BCUT2D eigenvalue weighted by Crippen LogP contribution is 2.41. The molecule has 1 spiro atoms. The summed E-state index contributed by atoms with van der Waals surface area (Å²) in [5.74, 6) is 0.617. The van der Waals surface area contributed by atoms with Crippen molar-refractivity contribution >= 4 is 5.69 Å². The van der Waals surface area contributed by atoms with Crippen LogP contribution in [0.4, 0.5) is 5.69 Å². The van der Waals surface area contributed by atoms with Crippen LogP contribution in [0.3, 0.4) is 0 Å². The van der Waals surface area contributed by atoms with E-state index in [1.807, 2.05) is 59.3 Å². The van der Waals surface area contributed by atoms with Crippen molar-refractivity contribution in [3.05, 3.63) is 65.0 Å². The molecule has 0 atom stereocenters. The average Bonchev–Trinajstić information content (AvgIpc) is 2.69. The normalized spacial score (nSPS) is 17.2. The second-order valence-electron chi connectivity index (χ2n) is 6.68. The molecular weight excluding hydrogens is 328 g/mol. The predicted octanol–water partition coefficient (Wildman–Crippen LogP) is 2.86. The van der Waals surface area contributed by atoms with Crippen molar-refractivity contribution in [2.24, 2.45) is 0 Å². The number of benzene rings is 2. The van der Waals surface area contributed by atoms with Gasteiger partial charge in [0.2, 0.25) is 0 Å². The Kier molecular flexibility index (Phi) is 3.39. The molecule has 0 bridgehead atoms. The van der Waals surface area contributed by atoms with E-state index in [2.05, 4.69) is 10.3 Å². The SMILES string of the molecule is O=c1nc2n(nc1-c1ccccc1)C1(CCOCC1)Nc1ccccc1-2. The zero-order chi connectivity index (χ0) is 17.6. The minimum absolute atomic E-state index is 0.304. The minimum Gasteiger partial charge on any atom is -0.381 e. The molecular formula is C20H18N4O2. The van der Waals surface area contributed by atoms with Crippen LogP contribution in [0.15, 0.2) is 59.4 Å². The first-order chi connectivity index (χ1) is 12.8. The molecule has 0 radical (unpaired) electrons. The van der Waals surface area contributed by atoms with Crippen molar-refractivity contribution < 1.29 is 4.74 Å². The Hall–Kier alpha value is -2.99. The Balaban J connectivity index is 1.78. The number of ether oxygens (including phenoxy) is 1. The van der Waals surface area contributed by atoms with Gasteiger partial charge in [0.15, 0.2) is 11.5 Å². The van der Waals surface area contributed by atoms with Gasteiger partial charge in [0.25, 0.3) is 5.56 Å². The van der Waals surface area contributed by atoms with E-state index in [-0.39, 0.29) is 5.56 Å². The highest BCUT2D eigenvalue weighted by atomic mass is 16.5. The molecule has 1 N–H and O–H groups in total. The predicted molar refractivity (Wildman–Crippen MR) is 98.8 cm³/mol. The van der Waals surface area contributed by atoms with E-state index < -0.39 is 5.66 Å². The van der Waals surface area contributed by atoms with E-state index in [1.54, 1.807) is 0 Å². The molecule has 3 heterocycles. The number of para-hydroxylation sites is 1. The third kappa shape index (κ3) is 2.26. The molecule has 2 aliphatic heterocycles. The number of rotatable bonds is 1. The first kappa shape index (κ1) is 15.3. The smallest absolute Gasteiger partial charge is 0.300 e. The number of hydrogen-bond donors (Lipinski definition) is 1. The molecule has 1 saturated heterocycles. The highest BCUT2D eigenvalue weighted by molar-refractivity contribution is 5.76. The standard InChI is InChI=1S/C20H18N4O2/c25-19-17(14-6-2-1-3-7-14)23-24-18(21-19)15-8-4-5-9-16(15)22-20(24)10-12-26-13-11-20/h1-9,22H,10-13H2. The molecule has 26 heavy (non-hydrogen) atoms. The van der Waals surface area contributed by atoms with E-state index in [0.29, 0.717) is 24.7 Å². The third-order valence-corrected chi connectivity index (χ3v) is 5.12. The summed E-state index contributed by atoms with van der Waals surface area (Å²) < 4.78 is 7.48. The van der Waals surface area contributed by atoms with Gasteiger partial charge in [-0.25, -0.2) is 4.68 Å². The zero-order valence-corrected chi connectivity index (χ0v) is 14.2. The lowest BCUT2D eigenvalue weighted by molar-refractivity contribution is 0.0273. The van der Waals surface area contributed by atoms with Crippen LogP contribution in [-0.4, -0.2) is 28.0 Å². The quantitative estimate of drug-likeness (QED) is 0.734. The number of anilines is 1. The number of nitrogens with one attached hydrogen (secondary N) is 1. The van der Waals surface area contributed by atoms with Crippen molar-refractivity contribution in [1.82, 2.24) is 14.8 Å². The summed E-state index contributed by atoms with van der Waals surface area (Å²) in [6.45, 7) is 1.28. The van der Waals surface area contributed by atoms with Crippen LogP contribution in [0, 0.1) is 0 Å². The molecule has 5 rings (SSSR count). The maximum Gasteiger partial charge on any atom is 0.300 e. The molecule has 130 valence electrons. The van der Waals surface area contributed by atoms with Gasteiger partial charge in [-0.3, -0.25) is 4.79 Å². The molecule has 6 nitrogen and oxygen atoms in total. The number of nitrogens with zero attached hydrogens (tertiary/aromatic N) is 3. The fourth-order valence-electron chi connectivity index (χ4n) is 3.77. The summed E-state index contributed by atoms with van der Waals surface area (Å²) in [4.78, 5) is 17.2. The molecule has 2 aliphatic rings. The lowest BCUT2D eigenvalue weighted by Gasteiger charge is -2.43. The summed E-state index contributed by atoms with van der Waals surface area (Å²) in [6, 6.07) is 17.4. The Bertz CT molecular complexity index is 1020. The van der Waals surface area contributed by atoms with Crippen LogP contribution in [0.25, 0.3) is 22.6 Å². The third-order valence-electron chi connectivity index (χ3n) is 5.12. The fraction of sp³-hybridized carbons (Fsp3) is 0.250. The maximum atomic E-state index is 12.7. The van der Waals surface area contributed by atoms with E-state index in [0.717, 1.165) is 29.7 Å². The Morgan fingerprint density at radius 2 is 1.73 bits per heavy atom. The van der Waals surface area contributed by atoms with Crippen molar-refractivity contribution in [1.29, 1.82) is 0 Å². The van der Waals surface area contributed by atoms with E-state index >= 15 is 0 Å². The molecule has 0 amide bonds. The van der Waals surface area contributed by atoms with Crippen LogP contribution >= 0.6 is 0 Å². The molecule has 0 saturated carbocycles. The topological polar surface area (TPSA) is 69.0 Å². The van der Waals surface area contributed by atoms with Crippen LogP contribution in [0.2, 0.25) is 0 Å². The molecule has 3 aromatic rings. The van der Waals surface area contributed by atoms with E-state index in [1.165, 1.54) is 0 Å². The summed E-state index contributed by atoms with van der Waals surface area (Å²) in [7, 11) is 0. The fourth-order valence-corrected chi connectivity index (χ4v) is 3.77. The van der Waals surface area contributed by atoms with Gasteiger partial charge >= 0.3 is 0 Å². The lowest BCUT2D eigenvalue weighted by atomic mass is 9.95. The lowest BCUT2D eigenvalue weighted by Crippen LogP contribution is -2.50. The van der Waals surface area contributed by atoms with Crippen LogP contribution in [-0.2, 0) is 10.4 Å². The largest absolute Gasteiger partial charge is 0.381 e. The zero-order valence-electron chi connectivity index (χ0n) is 14.2. The first-order valence-corrected chi connectivity index (χ1v) is 8.79. The summed E-state index contributed by atoms with van der Waals surface area (Å²) in [6.07, 6.45) is 1.53. The van der Waals surface area contributed by atoms with Gasteiger partial charge < -0.3 is 10.1 Å². The summed E-state index contributed by atoms with van der Waals surface area (Å²) in [5, 5.41) is 8.43. The highest BCUT2D eigenvalue weighted by Gasteiger charge is 2.41. The number of hydrogen-bond acceptors (Lipinski definition) is 5. The van der Waals surface area contributed by atoms with Gasteiger partial charge in [0, 0.05) is 29.7 Å². The van der Waals surface area contributed by atoms with Crippen molar-refractivity contribution in [3.63, 3.8) is 0 Å². The molecule has 6 heteroatoms. The minimum atomic E-state index is -0.424. The summed E-state index contributed by atoms with van der Waals surface area (Å²) in [5.41, 5.74) is 2.31. The molecule has 0 unspecified atom stereocenters. The Morgan fingerprint density at radius 1 is 1.00 bits per heavy atom. The van der Waals surface area contributed by atoms with Gasteiger partial charge in [-0.1, -0.05) is 42.5 Å². The Labute approximate surface area is 150 Å². The molecule has 0 aliphatic carbocycles. The maximum absolute atomic E-state index is 12.7. The van der Waals surface area contributed by atoms with Gasteiger partial charge in [0.1, 0.15) is 5.66 Å².